The number of hydrogen-bond acceptors (Lipinski definition) is 2. The molecule has 1 aromatic rings. The van der Waals surface area contributed by atoms with Crippen molar-refractivity contribution < 1.29 is 4.79 Å². The Morgan fingerprint density at radius 2 is 2.13 bits per heavy atom. The van der Waals surface area contributed by atoms with Gasteiger partial charge in [-0.1, -0.05) is 37.5 Å². The summed E-state index contributed by atoms with van der Waals surface area (Å²) in [6.45, 7) is 0. The molecule has 0 atom stereocenters. The first kappa shape index (κ1) is 10.7. The first-order valence-electron chi connectivity index (χ1n) is 5.47. The van der Waals surface area contributed by atoms with Crippen LogP contribution in [0.15, 0.2) is 29.2 Å². The first-order valence-corrected chi connectivity index (χ1v) is 6.70. The van der Waals surface area contributed by atoms with Gasteiger partial charge in [0, 0.05) is 16.9 Å². The van der Waals surface area contributed by atoms with Gasteiger partial charge in [0.15, 0.2) is 5.78 Å². The van der Waals surface area contributed by atoms with Gasteiger partial charge in [-0.15, -0.1) is 11.8 Å². The van der Waals surface area contributed by atoms with Gasteiger partial charge in [0.25, 0.3) is 0 Å². The highest BCUT2D eigenvalue weighted by Crippen LogP contribution is 2.31. The lowest BCUT2D eigenvalue weighted by Gasteiger charge is -2.24. The molecule has 0 amide bonds. The highest BCUT2D eigenvalue weighted by atomic mass is 32.2. The van der Waals surface area contributed by atoms with Crippen LogP contribution in [-0.2, 0) is 0 Å². The molecule has 0 aliphatic heterocycles. The van der Waals surface area contributed by atoms with Crippen LogP contribution in [0.5, 0.6) is 0 Å². The number of benzene rings is 1. The second-order valence-electron chi connectivity index (χ2n) is 4.12. The molecule has 15 heavy (non-hydrogen) atoms. The number of ketones is 1. The molecular formula is C13H16OS. The zero-order valence-electron chi connectivity index (χ0n) is 9.03. The fourth-order valence-electron chi connectivity index (χ4n) is 1.94. The van der Waals surface area contributed by atoms with Gasteiger partial charge in [-0.05, 0) is 18.2 Å². The third-order valence-electron chi connectivity index (χ3n) is 3.11. The number of thioether (sulfide) groups is 1. The van der Waals surface area contributed by atoms with Gasteiger partial charge in [0.2, 0.25) is 0 Å². The number of carbonyl (C=O) groups is 1. The fraction of sp³-hybridized carbons (Fsp3) is 0.462. The molecule has 1 fully saturated rings. The summed E-state index contributed by atoms with van der Waals surface area (Å²) in [4.78, 5) is 13.1. The monoisotopic (exact) mass is 220 g/mol. The molecule has 1 aliphatic rings. The van der Waals surface area contributed by atoms with Crippen molar-refractivity contribution >= 4 is 17.5 Å². The third kappa shape index (κ3) is 2.43. The van der Waals surface area contributed by atoms with Crippen molar-refractivity contribution in [2.45, 2.75) is 30.6 Å². The highest BCUT2D eigenvalue weighted by molar-refractivity contribution is 7.98. The lowest BCUT2D eigenvalue weighted by Crippen LogP contribution is -2.16. The standard InChI is InChI=1S/C13H16OS/c1-15-13-8-3-2-7-11(13)12(14)9-10-5-4-6-10/h2-3,7-8,10H,4-6,9H2,1H3. The van der Waals surface area contributed by atoms with E-state index >= 15 is 0 Å². The van der Waals surface area contributed by atoms with Gasteiger partial charge >= 0.3 is 0 Å². The van der Waals surface area contributed by atoms with Crippen LogP contribution in [0.4, 0.5) is 0 Å². The van der Waals surface area contributed by atoms with E-state index < -0.39 is 0 Å². The van der Waals surface area contributed by atoms with Crippen molar-refractivity contribution in [3.63, 3.8) is 0 Å². The van der Waals surface area contributed by atoms with Crippen molar-refractivity contribution in [3.05, 3.63) is 29.8 Å². The summed E-state index contributed by atoms with van der Waals surface area (Å²) in [5.74, 6) is 0.983. The number of rotatable bonds is 4. The average Bonchev–Trinajstić information content (AvgIpc) is 2.23. The second kappa shape index (κ2) is 4.84. The van der Waals surface area contributed by atoms with Crippen molar-refractivity contribution in [3.8, 4) is 0 Å². The summed E-state index contributed by atoms with van der Waals surface area (Å²) in [6, 6.07) is 7.92. The Morgan fingerprint density at radius 1 is 1.40 bits per heavy atom. The van der Waals surface area contributed by atoms with Crippen LogP contribution in [0.2, 0.25) is 0 Å². The molecule has 1 saturated carbocycles. The van der Waals surface area contributed by atoms with E-state index in [4.69, 9.17) is 0 Å². The van der Waals surface area contributed by atoms with Gasteiger partial charge in [0.05, 0.1) is 0 Å². The summed E-state index contributed by atoms with van der Waals surface area (Å²) >= 11 is 1.66. The maximum absolute atomic E-state index is 12.0. The summed E-state index contributed by atoms with van der Waals surface area (Å²) in [5, 5.41) is 0. The molecule has 1 nitrogen and oxygen atoms in total. The number of carbonyl (C=O) groups excluding carboxylic acids is 1. The van der Waals surface area contributed by atoms with Crippen molar-refractivity contribution in [2.75, 3.05) is 6.26 Å². The molecule has 0 saturated heterocycles. The van der Waals surface area contributed by atoms with Gasteiger partial charge in [-0.3, -0.25) is 4.79 Å². The molecular weight excluding hydrogens is 204 g/mol. The van der Waals surface area contributed by atoms with Crippen LogP contribution in [0.1, 0.15) is 36.0 Å². The fourth-order valence-corrected chi connectivity index (χ4v) is 2.56. The number of Topliss-reactive ketones (excluding diaryl/α,β-unsaturated/α-hetero) is 1. The quantitative estimate of drug-likeness (QED) is 0.567. The number of hydrogen-bond donors (Lipinski definition) is 0. The van der Waals surface area contributed by atoms with E-state index in [-0.39, 0.29) is 0 Å². The Morgan fingerprint density at radius 3 is 2.73 bits per heavy atom. The van der Waals surface area contributed by atoms with Crippen LogP contribution in [0, 0.1) is 5.92 Å². The van der Waals surface area contributed by atoms with E-state index in [0.717, 1.165) is 16.9 Å². The zero-order chi connectivity index (χ0) is 10.7. The van der Waals surface area contributed by atoms with Crippen LogP contribution in [0.25, 0.3) is 0 Å². The Balaban J connectivity index is 2.09. The minimum Gasteiger partial charge on any atom is -0.294 e. The van der Waals surface area contributed by atoms with E-state index in [0.29, 0.717) is 11.7 Å². The Hall–Kier alpha value is -0.760. The van der Waals surface area contributed by atoms with E-state index in [1.807, 2.05) is 30.5 Å². The summed E-state index contributed by atoms with van der Waals surface area (Å²) in [6.07, 6.45) is 6.56. The molecule has 0 unspecified atom stereocenters. The smallest absolute Gasteiger partial charge is 0.164 e. The third-order valence-corrected chi connectivity index (χ3v) is 3.90. The van der Waals surface area contributed by atoms with E-state index in [1.165, 1.54) is 19.3 Å². The largest absolute Gasteiger partial charge is 0.294 e. The molecule has 2 heteroatoms. The summed E-state index contributed by atoms with van der Waals surface area (Å²) in [5.41, 5.74) is 0.914. The van der Waals surface area contributed by atoms with E-state index in [9.17, 15) is 4.79 Å². The van der Waals surface area contributed by atoms with Crippen molar-refractivity contribution in [1.82, 2.24) is 0 Å². The summed E-state index contributed by atoms with van der Waals surface area (Å²) < 4.78 is 0. The SMILES string of the molecule is CSc1ccccc1C(=O)CC1CCC1. The van der Waals surface area contributed by atoms with Gasteiger partial charge in [0.1, 0.15) is 0 Å². The molecule has 0 spiro atoms. The Kier molecular flexibility index (Phi) is 3.47. The molecule has 0 radical (unpaired) electrons. The van der Waals surface area contributed by atoms with Gasteiger partial charge in [-0.25, -0.2) is 0 Å². The molecule has 1 aliphatic carbocycles. The molecule has 0 heterocycles. The first-order chi connectivity index (χ1) is 7.31. The van der Waals surface area contributed by atoms with Crippen LogP contribution in [0.3, 0.4) is 0 Å². The molecule has 2 rings (SSSR count). The van der Waals surface area contributed by atoms with E-state index in [2.05, 4.69) is 0 Å². The van der Waals surface area contributed by atoms with Gasteiger partial charge in [-0.2, -0.15) is 0 Å². The second-order valence-corrected chi connectivity index (χ2v) is 4.97. The molecule has 0 N–H and O–H groups in total. The molecule has 0 aromatic heterocycles. The molecule has 0 bridgehead atoms. The normalized spacial score (nSPS) is 16.1. The predicted molar refractivity (Wildman–Crippen MR) is 64.5 cm³/mol. The van der Waals surface area contributed by atoms with Crippen LogP contribution < -0.4 is 0 Å². The van der Waals surface area contributed by atoms with Crippen molar-refractivity contribution in [1.29, 1.82) is 0 Å². The lowest BCUT2D eigenvalue weighted by atomic mass is 9.81. The maximum Gasteiger partial charge on any atom is 0.164 e. The molecule has 80 valence electrons. The average molecular weight is 220 g/mol. The lowest BCUT2D eigenvalue weighted by molar-refractivity contribution is 0.0933. The predicted octanol–water partition coefficient (Wildman–Crippen LogP) is 3.78. The minimum atomic E-state index is 0.324. The van der Waals surface area contributed by atoms with Crippen LogP contribution >= 0.6 is 11.8 Å². The Labute approximate surface area is 95.3 Å². The highest BCUT2D eigenvalue weighted by Gasteiger charge is 2.22. The zero-order valence-corrected chi connectivity index (χ0v) is 9.85. The maximum atomic E-state index is 12.0. The Bertz CT molecular complexity index is 355. The van der Waals surface area contributed by atoms with Crippen LogP contribution in [-0.4, -0.2) is 12.0 Å². The minimum absolute atomic E-state index is 0.324. The van der Waals surface area contributed by atoms with E-state index in [1.54, 1.807) is 11.8 Å². The summed E-state index contributed by atoms with van der Waals surface area (Å²) in [7, 11) is 0. The van der Waals surface area contributed by atoms with Gasteiger partial charge < -0.3 is 0 Å². The van der Waals surface area contributed by atoms with Crippen molar-refractivity contribution in [2.24, 2.45) is 5.92 Å². The topological polar surface area (TPSA) is 17.1 Å². The molecule has 1 aromatic carbocycles.